The summed E-state index contributed by atoms with van der Waals surface area (Å²) < 4.78 is 21.4. The molecule has 216 valence electrons. The highest BCUT2D eigenvalue weighted by Crippen LogP contribution is 2.41. The second-order valence-electron chi connectivity index (χ2n) is 11.0. The van der Waals surface area contributed by atoms with Gasteiger partial charge >= 0.3 is 12.2 Å². The number of hydrogen-bond donors (Lipinski definition) is 2. The van der Waals surface area contributed by atoms with Crippen molar-refractivity contribution >= 4 is 23.1 Å². The van der Waals surface area contributed by atoms with Crippen LogP contribution in [0, 0.1) is 0 Å². The van der Waals surface area contributed by atoms with Gasteiger partial charge in [-0.3, -0.25) is 0 Å². The molecule has 0 spiro atoms. The molecule has 0 fully saturated rings. The van der Waals surface area contributed by atoms with E-state index in [1.165, 1.54) is 22.2 Å². The van der Waals surface area contributed by atoms with E-state index < -0.39 is 12.2 Å². The summed E-state index contributed by atoms with van der Waals surface area (Å²) in [6, 6.07) is 16.2. The number of aryl methyl sites for hydroxylation is 1. The molecule has 2 aromatic heterocycles. The number of alkyl carbamates (subject to hydrolysis) is 2. The van der Waals surface area contributed by atoms with Gasteiger partial charge in [-0.2, -0.15) is 0 Å². The molecular formula is C32H38N4O5. The van der Waals surface area contributed by atoms with E-state index in [4.69, 9.17) is 14.2 Å². The number of methoxy groups -OCH3 is 1. The Morgan fingerprint density at radius 3 is 2.07 bits per heavy atom. The number of rotatable bonds is 8. The van der Waals surface area contributed by atoms with Crippen LogP contribution in [0.5, 0.6) is 5.75 Å². The summed E-state index contributed by atoms with van der Waals surface area (Å²) in [6.07, 6.45) is -0.330. The number of carbonyl (C=O) groups is 2. The Hall–Kier alpha value is -4.40. The molecule has 0 saturated heterocycles. The number of fused-ring (bicyclic) bond motifs is 4. The molecule has 0 unspecified atom stereocenters. The van der Waals surface area contributed by atoms with Crippen LogP contribution >= 0.6 is 0 Å². The van der Waals surface area contributed by atoms with E-state index in [9.17, 15) is 9.59 Å². The van der Waals surface area contributed by atoms with Gasteiger partial charge in [0.1, 0.15) is 19.0 Å². The summed E-state index contributed by atoms with van der Waals surface area (Å²) in [5, 5.41) is 6.80. The largest absolute Gasteiger partial charge is 0.497 e. The molecule has 5 rings (SSSR count). The van der Waals surface area contributed by atoms with Crippen molar-refractivity contribution in [1.29, 1.82) is 0 Å². The number of nitrogens with zero attached hydrogens (tertiary/aromatic N) is 2. The van der Waals surface area contributed by atoms with Gasteiger partial charge in [-0.15, -0.1) is 0 Å². The maximum absolute atomic E-state index is 12.6. The predicted octanol–water partition coefficient (Wildman–Crippen LogP) is 5.88. The number of amides is 2. The lowest BCUT2D eigenvalue weighted by molar-refractivity contribution is 0.129. The first-order valence-corrected chi connectivity index (χ1v) is 14.0. The lowest BCUT2D eigenvalue weighted by atomic mass is 9.99. The monoisotopic (exact) mass is 558 g/mol. The summed E-state index contributed by atoms with van der Waals surface area (Å²) in [4.78, 5) is 25.1. The Balaban J connectivity index is 1.65. The summed E-state index contributed by atoms with van der Waals surface area (Å²) >= 11 is 0. The van der Waals surface area contributed by atoms with Crippen LogP contribution in [0.4, 0.5) is 9.59 Å². The zero-order valence-electron chi connectivity index (χ0n) is 24.5. The van der Waals surface area contributed by atoms with Gasteiger partial charge in [0.05, 0.1) is 19.3 Å². The Kier molecular flexibility index (Phi) is 7.97. The normalized spacial score (nSPS) is 12.3. The second-order valence-corrected chi connectivity index (χ2v) is 11.0. The van der Waals surface area contributed by atoms with Crippen molar-refractivity contribution in [2.24, 2.45) is 7.05 Å². The van der Waals surface area contributed by atoms with Crippen molar-refractivity contribution in [3.05, 3.63) is 76.6 Å². The van der Waals surface area contributed by atoms with E-state index in [0.717, 1.165) is 33.8 Å². The van der Waals surface area contributed by atoms with Crippen LogP contribution in [-0.2, 0) is 42.7 Å². The van der Waals surface area contributed by atoms with E-state index in [1.54, 1.807) is 7.11 Å². The van der Waals surface area contributed by atoms with Crippen LogP contribution in [0.3, 0.4) is 0 Å². The van der Waals surface area contributed by atoms with Crippen LogP contribution in [0.25, 0.3) is 22.2 Å². The first kappa shape index (κ1) is 28.1. The third-order valence-electron chi connectivity index (χ3n) is 7.46. The van der Waals surface area contributed by atoms with Gasteiger partial charge in [-0.1, -0.05) is 18.2 Å². The highest BCUT2D eigenvalue weighted by atomic mass is 16.6. The Morgan fingerprint density at radius 2 is 1.46 bits per heavy atom. The maximum Gasteiger partial charge on any atom is 0.407 e. The third kappa shape index (κ3) is 5.62. The van der Waals surface area contributed by atoms with E-state index in [1.807, 2.05) is 52.0 Å². The number of carbonyl (C=O) groups excluding carboxylic acids is 2. The molecular weight excluding hydrogens is 520 g/mol. The summed E-state index contributed by atoms with van der Waals surface area (Å²) in [7, 11) is 3.74. The van der Waals surface area contributed by atoms with Gasteiger partial charge in [0, 0.05) is 59.0 Å². The molecule has 1 aliphatic rings. The number of ether oxygens (including phenoxy) is 3. The summed E-state index contributed by atoms with van der Waals surface area (Å²) in [5.41, 5.74) is 8.25. The molecule has 0 aliphatic carbocycles. The van der Waals surface area contributed by atoms with E-state index >= 15 is 0 Å². The molecule has 0 bridgehead atoms. The molecule has 2 N–H and O–H groups in total. The Morgan fingerprint density at radius 1 is 0.854 bits per heavy atom. The number of nitrogens with one attached hydrogen (secondary N) is 2. The van der Waals surface area contributed by atoms with Gasteiger partial charge in [0.15, 0.2) is 0 Å². The molecule has 2 amide bonds. The summed E-state index contributed by atoms with van der Waals surface area (Å²) in [5.74, 6) is 0.748. The van der Waals surface area contributed by atoms with E-state index in [2.05, 4.69) is 51.1 Å². The van der Waals surface area contributed by atoms with Crippen molar-refractivity contribution in [2.45, 2.75) is 66.0 Å². The zero-order chi connectivity index (χ0) is 29.3. The molecule has 0 saturated carbocycles. The van der Waals surface area contributed by atoms with Gasteiger partial charge in [-0.05, 0) is 69.2 Å². The van der Waals surface area contributed by atoms with Crippen molar-refractivity contribution in [3.63, 3.8) is 0 Å². The second kappa shape index (κ2) is 11.6. The number of para-hydroxylation sites is 1. The highest BCUT2D eigenvalue weighted by molar-refractivity contribution is 5.86. The standard InChI is InChI=1S/C32H38N4O5/c1-19(2)33-31(37)40-17-25-26(18-41-32(38)34-20(3)4)30(21-11-13-22(39-6)14-12-21)36-16-29-24(15-28(25)36)23-9-7-8-10-27(23)35(29)5/h7-14,19-20H,15-18H2,1-6H3,(H,33,37)(H,34,38). The molecule has 4 aromatic rings. The highest BCUT2D eigenvalue weighted by Gasteiger charge is 2.31. The molecule has 41 heavy (non-hydrogen) atoms. The van der Waals surface area contributed by atoms with Crippen LogP contribution < -0.4 is 15.4 Å². The fourth-order valence-electron chi connectivity index (χ4n) is 5.63. The lowest BCUT2D eigenvalue weighted by Gasteiger charge is -2.22. The quantitative estimate of drug-likeness (QED) is 0.248. The fourth-order valence-corrected chi connectivity index (χ4v) is 5.63. The van der Waals surface area contributed by atoms with Crippen LogP contribution in [0.15, 0.2) is 48.5 Å². The molecule has 2 aromatic carbocycles. The minimum Gasteiger partial charge on any atom is -0.497 e. The van der Waals surface area contributed by atoms with Crippen LogP contribution in [0.1, 0.15) is 55.8 Å². The van der Waals surface area contributed by atoms with Gasteiger partial charge in [0.2, 0.25) is 0 Å². The molecule has 1 aliphatic heterocycles. The first-order valence-electron chi connectivity index (χ1n) is 14.0. The third-order valence-corrected chi connectivity index (χ3v) is 7.46. The zero-order valence-corrected chi connectivity index (χ0v) is 24.5. The Labute approximate surface area is 240 Å². The smallest absolute Gasteiger partial charge is 0.407 e. The van der Waals surface area contributed by atoms with Crippen molar-refractivity contribution in [2.75, 3.05) is 7.11 Å². The molecule has 3 heterocycles. The van der Waals surface area contributed by atoms with E-state index in [-0.39, 0.29) is 25.3 Å². The first-order chi connectivity index (χ1) is 19.7. The average Bonchev–Trinajstić information content (AvgIpc) is 3.40. The number of aromatic nitrogens is 2. The van der Waals surface area contributed by atoms with Crippen molar-refractivity contribution in [1.82, 2.24) is 19.8 Å². The number of hydrogen-bond acceptors (Lipinski definition) is 5. The number of benzene rings is 2. The van der Waals surface area contributed by atoms with Gasteiger partial charge in [-0.25, -0.2) is 9.59 Å². The SMILES string of the molecule is COc1ccc(-c2c(COC(=O)NC(C)C)c(COC(=O)NC(C)C)c3n2Cc2c(c4ccccc4n2C)C3)cc1. The van der Waals surface area contributed by atoms with E-state index in [0.29, 0.717) is 13.0 Å². The van der Waals surface area contributed by atoms with Gasteiger partial charge < -0.3 is 34.0 Å². The maximum atomic E-state index is 12.6. The average molecular weight is 559 g/mol. The van der Waals surface area contributed by atoms with Gasteiger partial charge in [0.25, 0.3) is 0 Å². The minimum atomic E-state index is -0.497. The minimum absolute atomic E-state index is 0.0293. The molecule has 9 heteroatoms. The molecule has 0 atom stereocenters. The Bertz CT molecular complexity index is 1580. The molecule has 9 nitrogen and oxygen atoms in total. The van der Waals surface area contributed by atoms with Crippen molar-refractivity contribution < 1.29 is 23.8 Å². The predicted molar refractivity (Wildman–Crippen MR) is 158 cm³/mol. The van der Waals surface area contributed by atoms with Crippen LogP contribution in [-0.4, -0.2) is 40.5 Å². The fraction of sp³-hybridized carbons (Fsp3) is 0.375. The topological polar surface area (TPSA) is 95.8 Å². The molecule has 0 radical (unpaired) electrons. The van der Waals surface area contributed by atoms with Crippen LogP contribution in [0.2, 0.25) is 0 Å². The summed E-state index contributed by atoms with van der Waals surface area (Å²) in [6.45, 7) is 8.25. The van der Waals surface area contributed by atoms with Crippen molar-refractivity contribution in [3.8, 4) is 17.0 Å². The lowest BCUT2D eigenvalue weighted by Crippen LogP contribution is -2.31.